The Kier molecular flexibility index (Phi) is 4.80. The van der Waals surface area contributed by atoms with Crippen molar-refractivity contribution in [2.24, 2.45) is 0 Å². The second kappa shape index (κ2) is 7.00. The molecule has 0 unspecified atom stereocenters. The number of hydrogen-bond acceptors (Lipinski definition) is 6. The molecule has 7 heteroatoms. The number of Topliss-reactive ketones (excluding diaryl/α,β-unsaturated/α-hetero) is 1. The highest BCUT2D eigenvalue weighted by molar-refractivity contribution is 7.99. The summed E-state index contributed by atoms with van der Waals surface area (Å²) in [6.45, 7) is 6.41. The third kappa shape index (κ3) is 3.56. The van der Waals surface area contributed by atoms with E-state index in [1.807, 2.05) is 26.8 Å². The minimum atomic E-state index is 0.0303. The first-order chi connectivity index (χ1) is 11.6. The average molecular weight is 342 g/mol. The molecule has 124 valence electrons. The molecule has 0 amide bonds. The minimum Gasteiger partial charge on any atom is -0.494 e. The van der Waals surface area contributed by atoms with Crippen molar-refractivity contribution in [2.45, 2.75) is 25.9 Å². The number of aryl methyl sites for hydroxylation is 2. The fraction of sp³-hybridized carbons (Fsp3) is 0.294. The van der Waals surface area contributed by atoms with Crippen LogP contribution >= 0.6 is 11.8 Å². The van der Waals surface area contributed by atoms with Gasteiger partial charge in [-0.1, -0.05) is 11.8 Å². The fourth-order valence-electron chi connectivity index (χ4n) is 2.33. The van der Waals surface area contributed by atoms with Crippen LogP contribution in [0, 0.1) is 13.8 Å². The highest BCUT2D eigenvalue weighted by Crippen LogP contribution is 2.18. The van der Waals surface area contributed by atoms with E-state index in [1.54, 1.807) is 28.8 Å². The Bertz CT molecular complexity index is 874. The predicted octanol–water partition coefficient (Wildman–Crippen LogP) is 3.11. The van der Waals surface area contributed by atoms with Gasteiger partial charge in [0.2, 0.25) is 5.16 Å². The maximum atomic E-state index is 12.3. The number of nitrogens with zero attached hydrogens (tertiary/aromatic N) is 4. The van der Waals surface area contributed by atoms with Gasteiger partial charge in [0.05, 0.1) is 12.4 Å². The molecule has 3 rings (SSSR count). The summed E-state index contributed by atoms with van der Waals surface area (Å²) in [6.07, 6.45) is 0. The lowest BCUT2D eigenvalue weighted by atomic mass is 10.1. The van der Waals surface area contributed by atoms with Gasteiger partial charge >= 0.3 is 0 Å². The Morgan fingerprint density at radius 3 is 2.67 bits per heavy atom. The number of fused-ring (bicyclic) bond motifs is 1. The number of aromatic nitrogens is 4. The van der Waals surface area contributed by atoms with Gasteiger partial charge in [0.1, 0.15) is 5.75 Å². The van der Waals surface area contributed by atoms with E-state index in [1.165, 1.54) is 11.8 Å². The van der Waals surface area contributed by atoms with Gasteiger partial charge in [0.15, 0.2) is 5.78 Å². The van der Waals surface area contributed by atoms with Gasteiger partial charge in [-0.15, -0.1) is 5.10 Å². The van der Waals surface area contributed by atoms with Crippen LogP contribution < -0.4 is 4.74 Å². The SMILES string of the molecule is CCOc1ccc(C(=O)CSc2nc3nc(C)cc(C)n3n2)cc1. The molecule has 0 saturated carbocycles. The Labute approximate surface area is 144 Å². The van der Waals surface area contributed by atoms with Gasteiger partial charge in [-0.05, 0) is 51.1 Å². The lowest BCUT2D eigenvalue weighted by molar-refractivity contribution is 0.102. The Balaban J connectivity index is 1.68. The van der Waals surface area contributed by atoms with Gasteiger partial charge in [0.25, 0.3) is 5.78 Å². The van der Waals surface area contributed by atoms with Crippen molar-refractivity contribution < 1.29 is 9.53 Å². The molecule has 2 aromatic heterocycles. The van der Waals surface area contributed by atoms with Gasteiger partial charge in [-0.2, -0.15) is 4.98 Å². The zero-order chi connectivity index (χ0) is 17.1. The van der Waals surface area contributed by atoms with Crippen LogP contribution in [0.1, 0.15) is 28.7 Å². The summed E-state index contributed by atoms with van der Waals surface area (Å²) in [4.78, 5) is 21.0. The predicted molar refractivity (Wildman–Crippen MR) is 92.9 cm³/mol. The summed E-state index contributed by atoms with van der Waals surface area (Å²) in [5.74, 6) is 1.63. The molecule has 0 saturated heterocycles. The van der Waals surface area contributed by atoms with Gasteiger partial charge in [0, 0.05) is 17.0 Å². The Hall–Kier alpha value is -2.41. The molecule has 0 fully saturated rings. The van der Waals surface area contributed by atoms with Crippen LogP contribution in [-0.2, 0) is 0 Å². The van der Waals surface area contributed by atoms with Gasteiger partial charge in [-0.3, -0.25) is 4.79 Å². The lowest BCUT2D eigenvalue weighted by Gasteiger charge is -2.03. The first kappa shape index (κ1) is 16.4. The van der Waals surface area contributed by atoms with E-state index in [9.17, 15) is 4.79 Å². The van der Waals surface area contributed by atoms with Crippen LogP contribution in [-0.4, -0.2) is 37.7 Å². The molecule has 0 N–H and O–H groups in total. The van der Waals surface area contributed by atoms with E-state index < -0.39 is 0 Å². The molecule has 0 aliphatic heterocycles. The molecular weight excluding hydrogens is 324 g/mol. The Morgan fingerprint density at radius 1 is 1.21 bits per heavy atom. The molecule has 2 heterocycles. The van der Waals surface area contributed by atoms with E-state index in [4.69, 9.17) is 4.74 Å². The summed E-state index contributed by atoms with van der Waals surface area (Å²) < 4.78 is 7.07. The number of ether oxygens (including phenoxy) is 1. The molecule has 0 aliphatic carbocycles. The van der Waals surface area contributed by atoms with E-state index in [-0.39, 0.29) is 11.5 Å². The first-order valence-corrected chi connectivity index (χ1v) is 8.65. The number of ketones is 1. The van der Waals surface area contributed by atoms with E-state index in [0.29, 0.717) is 23.1 Å². The van der Waals surface area contributed by atoms with Crippen molar-refractivity contribution in [1.29, 1.82) is 0 Å². The standard InChI is InChI=1S/C17H18N4O2S/c1-4-23-14-7-5-13(6-8-14)15(22)10-24-17-19-16-18-11(2)9-12(3)21(16)20-17/h5-9H,4,10H2,1-3H3. The number of hydrogen-bond donors (Lipinski definition) is 0. The largest absolute Gasteiger partial charge is 0.494 e. The minimum absolute atomic E-state index is 0.0303. The van der Waals surface area contributed by atoms with Crippen LogP contribution in [0.4, 0.5) is 0 Å². The molecule has 6 nitrogen and oxygen atoms in total. The van der Waals surface area contributed by atoms with Crippen molar-refractivity contribution in [3.05, 3.63) is 47.3 Å². The maximum Gasteiger partial charge on any atom is 0.253 e. The molecule has 1 aromatic carbocycles. The second-order valence-electron chi connectivity index (χ2n) is 5.31. The molecular formula is C17H18N4O2S. The quantitative estimate of drug-likeness (QED) is 0.506. The summed E-state index contributed by atoms with van der Waals surface area (Å²) >= 11 is 1.31. The molecule has 0 atom stereocenters. The van der Waals surface area contributed by atoms with Crippen LogP contribution in [0.25, 0.3) is 5.78 Å². The van der Waals surface area contributed by atoms with Gasteiger partial charge < -0.3 is 4.74 Å². The lowest BCUT2D eigenvalue weighted by Crippen LogP contribution is -2.03. The summed E-state index contributed by atoms with van der Waals surface area (Å²) in [5, 5.41) is 4.94. The number of thioether (sulfide) groups is 1. The zero-order valence-electron chi connectivity index (χ0n) is 13.8. The molecule has 24 heavy (non-hydrogen) atoms. The smallest absolute Gasteiger partial charge is 0.253 e. The summed E-state index contributed by atoms with van der Waals surface area (Å²) in [7, 11) is 0. The molecule has 3 aromatic rings. The average Bonchev–Trinajstić information content (AvgIpc) is 2.97. The summed E-state index contributed by atoms with van der Waals surface area (Å²) in [5.41, 5.74) is 2.52. The third-order valence-corrected chi connectivity index (χ3v) is 4.26. The molecule has 0 aliphatic rings. The molecule has 0 bridgehead atoms. The second-order valence-corrected chi connectivity index (χ2v) is 6.26. The van der Waals surface area contributed by atoms with Crippen molar-refractivity contribution in [1.82, 2.24) is 19.6 Å². The normalized spacial score (nSPS) is 11.0. The van der Waals surface area contributed by atoms with Crippen LogP contribution in [0.5, 0.6) is 5.75 Å². The topological polar surface area (TPSA) is 69.4 Å². The fourth-order valence-corrected chi connectivity index (χ4v) is 3.04. The van der Waals surface area contributed by atoms with E-state index >= 15 is 0 Å². The highest BCUT2D eigenvalue weighted by atomic mass is 32.2. The van der Waals surface area contributed by atoms with Crippen molar-refractivity contribution in [3.8, 4) is 5.75 Å². The zero-order valence-corrected chi connectivity index (χ0v) is 14.6. The monoisotopic (exact) mass is 342 g/mol. The van der Waals surface area contributed by atoms with Crippen molar-refractivity contribution in [2.75, 3.05) is 12.4 Å². The third-order valence-electron chi connectivity index (χ3n) is 3.42. The van der Waals surface area contributed by atoms with Crippen LogP contribution in [0.15, 0.2) is 35.5 Å². The van der Waals surface area contributed by atoms with Crippen molar-refractivity contribution in [3.63, 3.8) is 0 Å². The van der Waals surface area contributed by atoms with Crippen LogP contribution in [0.3, 0.4) is 0 Å². The number of carbonyl (C=O) groups is 1. The number of carbonyl (C=O) groups excluding carboxylic acids is 1. The number of benzene rings is 1. The van der Waals surface area contributed by atoms with Crippen molar-refractivity contribution >= 4 is 23.3 Å². The maximum absolute atomic E-state index is 12.3. The molecule has 0 spiro atoms. The first-order valence-electron chi connectivity index (χ1n) is 7.66. The molecule has 0 radical (unpaired) electrons. The van der Waals surface area contributed by atoms with Crippen LogP contribution in [0.2, 0.25) is 0 Å². The van der Waals surface area contributed by atoms with Gasteiger partial charge in [-0.25, -0.2) is 9.50 Å². The van der Waals surface area contributed by atoms with E-state index in [0.717, 1.165) is 17.1 Å². The highest BCUT2D eigenvalue weighted by Gasteiger charge is 2.12. The summed E-state index contributed by atoms with van der Waals surface area (Å²) in [6, 6.07) is 9.11. The van der Waals surface area contributed by atoms with E-state index in [2.05, 4.69) is 15.1 Å². The number of rotatable bonds is 6. The Morgan fingerprint density at radius 2 is 1.96 bits per heavy atom.